The molecule has 0 spiro atoms. The van der Waals surface area contributed by atoms with Gasteiger partial charge in [0.2, 0.25) is 0 Å². The van der Waals surface area contributed by atoms with Crippen LogP contribution in [-0.4, -0.2) is 19.9 Å². The van der Waals surface area contributed by atoms with Crippen molar-refractivity contribution in [3.63, 3.8) is 0 Å². The Bertz CT molecular complexity index is 643. The summed E-state index contributed by atoms with van der Waals surface area (Å²) in [5.41, 5.74) is 4.24. The predicted molar refractivity (Wildman–Crippen MR) is 72.2 cm³/mol. The second kappa shape index (κ2) is 9.40. The summed E-state index contributed by atoms with van der Waals surface area (Å²) in [6, 6.07) is 15.9. The zero-order chi connectivity index (χ0) is 12.2. The Morgan fingerprint density at radius 1 is 0.619 bits per heavy atom. The average Bonchev–Trinajstić information content (AvgIpc) is 3.08. The van der Waals surface area contributed by atoms with Gasteiger partial charge in [-0.05, 0) is 24.3 Å². The molecule has 0 fully saturated rings. The summed E-state index contributed by atoms with van der Waals surface area (Å²) in [5, 5.41) is 0. The molecule has 0 bridgehead atoms. The fraction of sp³-hybridized carbons (Fsp3) is 0. The number of rotatable bonds is 0. The zero-order valence-electron chi connectivity index (χ0n) is 10.7. The number of para-hydroxylation sites is 4. The SMILES string of the molecule is [Cl-].[Cl-].[Ni+2].c1ccc2[nH]cnc2c1.c1ccc2[nH]cnc2c1. The van der Waals surface area contributed by atoms with E-state index in [9.17, 15) is 0 Å². The number of aromatic nitrogens is 4. The monoisotopic (exact) mass is 364 g/mol. The van der Waals surface area contributed by atoms with E-state index >= 15 is 0 Å². The van der Waals surface area contributed by atoms with E-state index in [2.05, 4.69) is 19.9 Å². The minimum Gasteiger partial charge on any atom is -1.00 e. The van der Waals surface area contributed by atoms with Crippen LogP contribution >= 0.6 is 0 Å². The van der Waals surface area contributed by atoms with E-state index in [1.807, 2.05) is 48.5 Å². The number of H-pyrrole nitrogens is 2. The van der Waals surface area contributed by atoms with Gasteiger partial charge >= 0.3 is 16.5 Å². The smallest absolute Gasteiger partial charge is 1.00 e. The van der Waals surface area contributed by atoms with Crippen molar-refractivity contribution in [3.8, 4) is 0 Å². The number of fused-ring (bicyclic) bond motifs is 2. The second-order valence-corrected chi connectivity index (χ2v) is 3.84. The van der Waals surface area contributed by atoms with Gasteiger partial charge in [-0.25, -0.2) is 9.97 Å². The van der Waals surface area contributed by atoms with Crippen LogP contribution in [0.25, 0.3) is 22.1 Å². The molecule has 0 aliphatic rings. The number of imidazole rings is 2. The molecule has 2 N–H and O–H groups in total. The molecule has 0 saturated carbocycles. The topological polar surface area (TPSA) is 57.4 Å². The number of nitrogens with one attached hydrogen (secondary N) is 2. The van der Waals surface area contributed by atoms with Gasteiger partial charge in [-0.15, -0.1) is 0 Å². The Labute approximate surface area is 144 Å². The third kappa shape index (κ3) is 4.74. The standard InChI is InChI=1S/2C7H6N2.2ClH.Ni/c2*1-2-4-7-6(3-1)8-5-9-7;;;/h2*1-5H,(H,8,9);2*1H;/q;;;;+2/p-2. The van der Waals surface area contributed by atoms with E-state index in [1.165, 1.54) is 0 Å². The van der Waals surface area contributed by atoms with E-state index in [4.69, 9.17) is 0 Å². The summed E-state index contributed by atoms with van der Waals surface area (Å²) in [6.07, 6.45) is 3.40. The third-order valence-electron chi connectivity index (χ3n) is 2.66. The van der Waals surface area contributed by atoms with E-state index in [-0.39, 0.29) is 41.3 Å². The Hall–Kier alpha value is -1.55. The fourth-order valence-corrected chi connectivity index (χ4v) is 1.76. The molecule has 0 aliphatic heterocycles. The van der Waals surface area contributed by atoms with Gasteiger partial charge in [-0.2, -0.15) is 0 Å². The van der Waals surface area contributed by atoms with Crippen LogP contribution in [0.3, 0.4) is 0 Å². The molecular formula is C14H12Cl2N4Ni. The molecule has 21 heavy (non-hydrogen) atoms. The maximum Gasteiger partial charge on any atom is 2.00 e. The van der Waals surface area contributed by atoms with Crippen LogP contribution in [0.4, 0.5) is 0 Å². The van der Waals surface area contributed by atoms with E-state index < -0.39 is 0 Å². The summed E-state index contributed by atoms with van der Waals surface area (Å²) in [5.74, 6) is 0. The molecule has 7 heteroatoms. The summed E-state index contributed by atoms with van der Waals surface area (Å²) < 4.78 is 0. The third-order valence-corrected chi connectivity index (χ3v) is 2.66. The van der Waals surface area contributed by atoms with Crippen LogP contribution < -0.4 is 24.8 Å². The molecule has 0 saturated heterocycles. The number of halogens is 2. The number of hydrogen-bond donors (Lipinski definition) is 2. The first-order valence-electron chi connectivity index (χ1n) is 5.70. The van der Waals surface area contributed by atoms with Crippen molar-refractivity contribution in [1.82, 2.24) is 19.9 Å². The molecule has 0 aliphatic carbocycles. The molecule has 112 valence electrons. The van der Waals surface area contributed by atoms with Crippen LogP contribution in [0.1, 0.15) is 0 Å². The Morgan fingerprint density at radius 3 is 1.38 bits per heavy atom. The number of nitrogens with zero attached hydrogens (tertiary/aromatic N) is 2. The molecule has 2 aromatic carbocycles. The molecule has 0 atom stereocenters. The second-order valence-electron chi connectivity index (χ2n) is 3.84. The van der Waals surface area contributed by atoms with Crippen molar-refractivity contribution in [3.05, 3.63) is 61.2 Å². The molecule has 4 aromatic rings. The summed E-state index contributed by atoms with van der Waals surface area (Å²) >= 11 is 0. The van der Waals surface area contributed by atoms with Gasteiger partial charge in [-0.1, -0.05) is 24.3 Å². The van der Waals surface area contributed by atoms with Gasteiger partial charge in [-0.3, -0.25) is 0 Å². The quantitative estimate of drug-likeness (QED) is 0.329. The molecule has 2 heterocycles. The van der Waals surface area contributed by atoms with E-state index in [0.29, 0.717) is 0 Å². The molecular weight excluding hydrogens is 354 g/mol. The minimum atomic E-state index is 0. The maximum atomic E-state index is 4.06. The van der Waals surface area contributed by atoms with Crippen molar-refractivity contribution in [2.45, 2.75) is 0 Å². The van der Waals surface area contributed by atoms with Crippen molar-refractivity contribution >= 4 is 22.1 Å². The van der Waals surface area contributed by atoms with Gasteiger partial charge < -0.3 is 34.8 Å². The van der Waals surface area contributed by atoms with Gasteiger partial charge in [0.1, 0.15) is 0 Å². The first-order chi connectivity index (χ1) is 8.93. The largest absolute Gasteiger partial charge is 2.00 e. The van der Waals surface area contributed by atoms with Gasteiger partial charge in [0.25, 0.3) is 0 Å². The first-order valence-corrected chi connectivity index (χ1v) is 5.70. The normalized spacial score (nSPS) is 8.76. The van der Waals surface area contributed by atoms with Gasteiger partial charge in [0, 0.05) is 0 Å². The predicted octanol–water partition coefficient (Wildman–Crippen LogP) is -2.87. The molecule has 4 nitrogen and oxygen atoms in total. The van der Waals surface area contributed by atoms with Crippen molar-refractivity contribution < 1.29 is 41.3 Å². The minimum absolute atomic E-state index is 0. The van der Waals surface area contributed by atoms with Crippen LogP contribution in [0.15, 0.2) is 61.2 Å². The van der Waals surface area contributed by atoms with Crippen molar-refractivity contribution in [2.75, 3.05) is 0 Å². The molecule has 0 radical (unpaired) electrons. The summed E-state index contributed by atoms with van der Waals surface area (Å²) in [6.45, 7) is 0. The van der Waals surface area contributed by atoms with Crippen LogP contribution in [0.2, 0.25) is 0 Å². The fourth-order valence-electron chi connectivity index (χ4n) is 1.76. The number of benzene rings is 2. The van der Waals surface area contributed by atoms with Crippen LogP contribution in [0.5, 0.6) is 0 Å². The van der Waals surface area contributed by atoms with Crippen LogP contribution in [0, 0.1) is 0 Å². The van der Waals surface area contributed by atoms with Crippen molar-refractivity contribution in [2.24, 2.45) is 0 Å². The number of hydrogen-bond acceptors (Lipinski definition) is 2. The Balaban J connectivity index is 0.000000333. The molecule has 2 aromatic heterocycles. The maximum absolute atomic E-state index is 4.06. The molecule has 4 rings (SSSR count). The van der Waals surface area contributed by atoms with E-state index in [1.54, 1.807) is 12.7 Å². The Kier molecular flexibility index (Phi) is 8.71. The Morgan fingerprint density at radius 2 is 1.00 bits per heavy atom. The van der Waals surface area contributed by atoms with Gasteiger partial charge in [0.05, 0.1) is 34.7 Å². The van der Waals surface area contributed by atoms with Gasteiger partial charge in [0.15, 0.2) is 0 Å². The van der Waals surface area contributed by atoms with Crippen LogP contribution in [-0.2, 0) is 16.5 Å². The van der Waals surface area contributed by atoms with E-state index in [0.717, 1.165) is 22.1 Å². The summed E-state index contributed by atoms with van der Waals surface area (Å²) in [7, 11) is 0. The van der Waals surface area contributed by atoms with Crippen molar-refractivity contribution in [1.29, 1.82) is 0 Å². The number of aromatic amines is 2. The molecule has 0 unspecified atom stereocenters. The zero-order valence-corrected chi connectivity index (χ0v) is 13.2. The molecule has 0 amide bonds. The summed E-state index contributed by atoms with van der Waals surface area (Å²) in [4.78, 5) is 14.1. The first kappa shape index (κ1) is 19.5. The average molecular weight is 366 g/mol.